The van der Waals surface area contributed by atoms with E-state index in [1.54, 1.807) is 12.1 Å². The van der Waals surface area contributed by atoms with E-state index in [1.165, 1.54) is 12.1 Å². The normalized spacial score (nSPS) is 9.64. The molecule has 22 heavy (non-hydrogen) atoms. The van der Waals surface area contributed by atoms with Gasteiger partial charge in [-0.3, -0.25) is 4.79 Å². The largest absolute Gasteiger partial charge is 0.506 e. The quantitative estimate of drug-likeness (QED) is 0.720. The van der Waals surface area contributed by atoms with Gasteiger partial charge in [-0.25, -0.2) is 0 Å². The van der Waals surface area contributed by atoms with E-state index in [4.69, 9.17) is 34.3 Å². The molecule has 2 rings (SSSR count). The first-order valence-corrected chi connectivity index (χ1v) is 7.06. The summed E-state index contributed by atoms with van der Waals surface area (Å²) in [5.41, 5.74) is 8.16. The molecule has 0 aliphatic carbocycles. The molecule has 0 saturated heterocycles. The number of primary amides is 1. The molecule has 116 valence electrons. The number of amides is 1. The molecule has 1 amide bonds. The molecule has 0 heterocycles. The second-order valence-electron chi connectivity index (χ2n) is 4.71. The molecule has 0 spiro atoms. The highest BCUT2D eigenvalue weighted by Crippen LogP contribution is 2.29. The summed E-state index contributed by atoms with van der Waals surface area (Å²) in [6.07, 6.45) is 0.993. The summed E-state index contributed by atoms with van der Waals surface area (Å²) in [7, 11) is 0. The average Bonchev–Trinajstić information content (AvgIpc) is 2.42. The Morgan fingerprint density at radius 2 is 1.68 bits per heavy atom. The van der Waals surface area contributed by atoms with E-state index in [0.29, 0.717) is 16.1 Å². The molecule has 0 atom stereocenters. The third-order valence-electron chi connectivity index (χ3n) is 2.72. The summed E-state index contributed by atoms with van der Waals surface area (Å²) in [4.78, 5) is 10.7. The topological polar surface area (TPSA) is 87.2 Å². The average molecular weight is 339 g/mol. The number of rotatable bonds is 2. The maximum Gasteiger partial charge on any atom is 0.248 e. The van der Waals surface area contributed by atoms with Gasteiger partial charge in [0.1, 0.15) is 5.75 Å². The lowest BCUT2D eigenvalue weighted by molar-refractivity contribution is 0.1000. The van der Waals surface area contributed by atoms with Gasteiger partial charge in [0, 0.05) is 22.4 Å². The number of carbonyl (C=O) groups excluding carboxylic acids is 1. The maximum atomic E-state index is 10.7. The second kappa shape index (κ2) is 7.82. The molecule has 0 fully saturated rings. The van der Waals surface area contributed by atoms with Crippen LogP contribution < -0.4 is 5.73 Å². The van der Waals surface area contributed by atoms with Crippen LogP contribution in [0.25, 0.3) is 0 Å². The molecule has 2 aromatic carbocycles. The van der Waals surface area contributed by atoms with E-state index in [-0.39, 0.29) is 16.7 Å². The van der Waals surface area contributed by atoms with E-state index in [0.717, 1.165) is 17.3 Å². The zero-order chi connectivity index (χ0) is 16.9. The van der Waals surface area contributed by atoms with E-state index < -0.39 is 0 Å². The molecule has 0 bridgehead atoms. The highest BCUT2D eigenvalue weighted by atomic mass is 35.5. The molecule has 0 unspecified atom stereocenters. The first-order chi connectivity index (χ1) is 10.2. The molecular formula is C16H16Cl2N2O2. The van der Waals surface area contributed by atoms with Crippen LogP contribution in [0.3, 0.4) is 0 Å². The van der Waals surface area contributed by atoms with Crippen molar-refractivity contribution in [1.29, 1.82) is 5.41 Å². The number of halogens is 2. The zero-order valence-corrected chi connectivity index (χ0v) is 13.7. The van der Waals surface area contributed by atoms with E-state index in [1.807, 2.05) is 19.9 Å². The Morgan fingerprint density at radius 1 is 1.14 bits per heavy atom. The van der Waals surface area contributed by atoms with Gasteiger partial charge >= 0.3 is 0 Å². The summed E-state index contributed by atoms with van der Waals surface area (Å²) in [5.74, 6) is -0.470. The van der Waals surface area contributed by atoms with Crippen molar-refractivity contribution in [2.75, 3.05) is 0 Å². The first-order valence-electron chi connectivity index (χ1n) is 6.31. The lowest BCUT2D eigenvalue weighted by Crippen LogP contribution is -2.11. The minimum absolute atomic E-state index is 0.105. The number of phenolic OH excluding ortho intramolecular Hbond substituents is 1. The van der Waals surface area contributed by atoms with Crippen molar-refractivity contribution >= 4 is 35.3 Å². The number of carbonyl (C=O) groups is 1. The third kappa shape index (κ3) is 5.06. The Balaban J connectivity index is 0.000000220. The van der Waals surface area contributed by atoms with Crippen molar-refractivity contribution in [2.45, 2.75) is 13.8 Å². The molecule has 4 N–H and O–H groups in total. The summed E-state index contributed by atoms with van der Waals surface area (Å²) in [6, 6.07) is 8.47. The van der Waals surface area contributed by atoms with Gasteiger partial charge in [0.05, 0.1) is 5.02 Å². The predicted octanol–water partition coefficient (Wildman–Crippen LogP) is 4.10. The Bertz CT molecular complexity index is 695. The minimum atomic E-state index is -0.364. The molecule has 6 heteroatoms. The van der Waals surface area contributed by atoms with Gasteiger partial charge in [-0.2, -0.15) is 0 Å². The van der Waals surface area contributed by atoms with Crippen molar-refractivity contribution < 1.29 is 9.90 Å². The smallest absolute Gasteiger partial charge is 0.248 e. The fourth-order valence-electron chi connectivity index (χ4n) is 1.81. The number of phenols is 1. The van der Waals surface area contributed by atoms with Gasteiger partial charge in [-0.15, -0.1) is 0 Å². The van der Waals surface area contributed by atoms with Crippen LogP contribution in [0.15, 0.2) is 30.3 Å². The summed E-state index contributed by atoms with van der Waals surface area (Å²) >= 11 is 11.2. The Kier molecular flexibility index (Phi) is 6.40. The van der Waals surface area contributed by atoms with Gasteiger partial charge in [0.2, 0.25) is 5.91 Å². The van der Waals surface area contributed by atoms with Gasteiger partial charge in [0.15, 0.2) is 0 Å². The number of nitrogens with two attached hydrogens (primary N) is 1. The lowest BCUT2D eigenvalue weighted by Gasteiger charge is -2.00. The van der Waals surface area contributed by atoms with Crippen molar-refractivity contribution in [2.24, 2.45) is 5.73 Å². The molecule has 2 aromatic rings. The van der Waals surface area contributed by atoms with Crippen LogP contribution >= 0.6 is 23.2 Å². The standard InChI is InChI=1S/C9H11NO.C7H5Cl2NO/c1-6-3-7(2)5-8(4-6)9(10)11;8-5-1-4(3-10)7(11)6(9)2-5/h3-5H,1-2H3,(H2,10,11);1-3,10-11H. The van der Waals surface area contributed by atoms with Crippen LogP contribution in [0.4, 0.5) is 0 Å². The number of hydrogen-bond acceptors (Lipinski definition) is 3. The number of aryl methyl sites for hydroxylation is 2. The van der Waals surface area contributed by atoms with Crippen LogP contribution in [0.5, 0.6) is 5.75 Å². The number of benzene rings is 2. The van der Waals surface area contributed by atoms with Crippen molar-refractivity contribution in [3.63, 3.8) is 0 Å². The number of aromatic hydroxyl groups is 1. The van der Waals surface area contributed by atoms with Crippen LogP contribution in [-0.2, 0) is 0 Å². The number of hydrogen-bond donors (Lipinski definition) is 3. The van der Waals surface area contributed by atoms with Gasteiger partial charge in [-0.1, -0.05) is 40.4 Å². The molecule has 0 radical (unpaired) electrons. The lowest BCUT2D eigenvalue weighted by atomic mass is 10.1. The maximum absolute atomic E-state index is 10.7. The third-order valence-corrected chi connectivity index (χ3v) is 3.23. The van der Waals surface area contributed by atoms with E-state index in [9.17, 15) is 9.90 Å². The van der Waals surface area contributed by atoms with Crippen LogP contribution in [0.2, 0.25) is 10.0 Å². The Morgan fingerprint density at radius 3 is 2.14 bits per heavy atom. The molecule has 0 aliphatic rings. The molecule has 0 aliphatic heterocycles. The van der Waals surface area contributed by atoms with E-state index >= 15 is 0 Å². The Hall–Kier alpha value is -2.04. The summed E-state index contributed by atoms with van der Waals surface area (Å²) in [6.45, 7) is 3.89. The fraction of sp³-hybridized carbons (Fsp3) is 0.125. The van der Waals surface area contributed by atoms with Crippen LogP contribution in [0, 0.1) is 19.3 Å². The second-order valence-corrected chi connectivity index (χ2v) is 5.55. The van der Waals surface area contributed by atoms with Gasteiger partial charge < -0.3 is 16.2 Å². The summed E-state index contributed by atoms with van der Waals surface area (Å²) < 4.78 is 0. The van der Waals surface area contributed by atoms with Crippen molar-refractivity contribution in [1.82, 2.24) is 0 Å². The molecule has 0 saturated carbocycles. The van der Waals surface area contributed by atoms with Crippen molar-refractivity contribution in [3.05, 3.63) is 62.6 Å². The van der Waals surface area contributed by atoms with Crippen LogP contribution in [-0.4, -0.2) is 17.2 Å². The predicted molar refractivity (Wildman–Crippen MR) is 90.4 cm³/mol. The van der Waals surface area contributed by atoms with E-state index in [2.05, 4.69) is 0 Å². The van der Waals surface area contributed by atoms with Gasteiger partial charge in [0.25, 0.3) is 0 Å². The van der Waals surface area contributed by atoms with Crippen molar-refractivity contribution in [3.8, 4) is 5.75 Å². The molecular weight excluding hydrogens is 323 g/mol. The molecule has 0 aromatic heterocycles. The van der Waals surface area contributed by atoms with Gasteiger partial charge in [-0.05, 0) is 38.1 Å². The highest BCUT2D eigenvalue weighted by molar-refractivity contribution is 6.36. The van der Waals surface area contributed by atoms with Crippen LogP contribution in [0.1, 0.15) is 27.0 Å². The summed E-state index contributed by atoms with van der Waals surface area (Å²) in [5, 5.41) is 16.6. The first kappa shape index (κ1) is 18.0. The monoisotopic (exact) mass is 338 g/mol. The highest BCUT2D eigenvalue weighted by Gasteiger charge is 2.04. The SMILES string of the molecule is Cc1cc(C)cc(C(N)=O)c1.N=Cc1cc(Cl)cc(Cl)c1O. The Labute approximate surface area is 139 Å². The zero-order valence-electron chi connectivity index (χ0n) is 12.2. The molecule has 4 nitrogen and oxygen atoms in total. The minimum Gasteiger partial charge on any atom is -0.506 e. The fourth-order valence-corrected chi connectivity index (χ4v) is 2.32. The number of nitrogens with one attached hydrogen (secondary N) is 1.